The van der Waals surface area contributed by atoms with Gasteiger partial charge >= 0.3 is 0 Å². The van der Waals surface area contributed by atoms with Gasteiger partial charge in [-0.3, -0.25) is 19.8 Å². The van der Waals surface area contributed by atoms with Crippen LogP contribution in [0.2, 0.25) is 0 Å². The number of carbonyl (C=O) groups excluding carboxylic acids is 2. The molecule has 0 aromatic heterocycles. The van der Waals surface area contributed by atoms with Gasteiger partial charge in [-0.2, -0.15) is 0 Å². The lowest BCUT2D eigenvalue weighted by Crippen LogP contribution is -2.69. The minimum atomic E-state index is -0.129. The molecule has 5 rings (SSSR count). The van der Waals surface area contributed by atoms with Crippen molar-refractivity contribution >= 4 is 11.8 Å². The molecule has 0 spiro atoms. The molecule has 3 atom stereocenters. The molecule has 2 aromatic rings. The fourth-order valence-electron chi connectivity index (χ4n) is 5.13. The normalized spacial score (nSPS) is 25.8. The highest BCUT2D eigenvalue weighted by atomic mass is 16.5. The molecule has 174 valence electrons. The first kappa shape index (κ1) is 21.9. The van der Waals surface area contributed by atoms with Gasteiger partial charge in [-0.05, 0) is 42.7 Å². The van der Waals surface area contributed by atoms with E-state index in [0.29, 0.717) is 25.3 Å². The molecular weight excluding hydrogens is 416 g/mol. The third-order valence-corrected chi connectivity index (χ3v) is 7.07. The maximum absolute atomic E-state index is 13.0. The number of benzene rings is 2. The lowest BCUT2D eigenvalue weighted by molar-refractivity contribution is -0.134. The van der Waals surface area contributed by atoms with E-state index in [1.807, 2.05) is 59.5 Å². The lowest BCUT2D eigenvalue weighted by Gasteiger charge is -2.46. The van der Waals surface area contributed by atoms with Crippen LogP contribution >= 0.6 is 0 Å². The third kappa shape index (κ3) is 5.04. The average Bonchev–Trinajstić information content (AvgIpc) is 2.88. The zero-order valence-corrected chi connectivity index (χ0v) is 18.9. The summed E-state index contributed by atoms with van der Waals surface area (Å²) in [6, 6.07) is 17.7. The number of ether oxygens (including phenoxy) is 1. The van der Waals surface area contributed by atoms with Crippen LogP contribution in [0.25, 0.3) is 0 Å². The Hall–Kier alpha value is -2.90. The van der Waals surface area contributed by atoms with Crippen molar-refractivity contribution in [3.05, 3.63) is 65.7 Å². The minimum absolute atomic E-state index is 0.0391. The molecule has 2 N–H and O–H groups in total. The second kappa shape index (κ2) is 9.93. The maximum atomic E-state index is 13.0. The van der Waals surface area contributed by atoms with Crippen molar-refractivity contribution in [1.82, 2.24) is 20.4 Å². The van der Waals surface area contributed by atoms with Crippen LogP contribution in [0, 0.1) is 5.92 Å². The molecule has 7 heteroatoms. The summed E-state index contributed by atoms with van der Waals surface area (Å²) < 4.78 is 5.83. The Labute approximate surface area is 195 Å². The average molecular weight is 449 g/mol. The summed E-state index contributed by atoms with van der Waals surface area (Å²) in [6.07, 6.45) is 4.25. The van der Waals surface area contributed by atoms with E-state index in [9.17, 15) is 9.59 Å². The Morgan fingerprint density at radius 3 is 2.42 bits per heavy atom. The fraction of sp³-hybridized carbons (Fsp3) is 0.462. The first-order chi connectivity index (χ1) is 16.2. The molecule has 33 heavy (non-hydrogen) atoms. The molecule has 3 fully saturated rings. The second-order valence-corrected chi connectivity index (χ2v) is 9.20. The SMILES string of the molecule is O=C1NC(N2CCN(C(=O)c3ccc(OCc4ccccc4)cc3)CC2)NC2CCCCC12. The first-order valence-corrected chi connectivity index (χ1v) is 12.0. The Morgan fingerprint density at radius 1 is 0.939 bits per heavy atom. The standard InChI is InChI=1S/C26H32N4O3/c31-24-22-8-4-5-9-23(22)27-26(28-24)30-16-14-29(15-17-30)25(32)20-10-12-21(13-11-20)33-18-19-6-2-1-3-7-19/h1-3,6-7,10-13,22-23,26-27H,4-5,8-9,14-18H2,(H,28,31). The first-order valence-electron chi connectivity index (χ1n) is 12.0. The molecule has 2 aliphatic heterocycles. The number of carbonyl (C=O) groups is 2. The van der Waals surface area contributed by atoms with Crippen LogP contribution in [-0.2, 0) is 11.4 Å². The van der Waals surface area contributed by atoms with Crippen LogP contribution in [0.4, 0.5) is 0 Å². The number of nitrogens with zero attached hydrogens (tertiary/aromatic N) is 2. The zero-order valence-electron chi connectivity index (χ0n) is 18.9. The molecule has 2 heterocycles. The van der Waals surface area contributed by atoms with Gasteiger partial charge in [0.25, 0.3) is 5.91 Å². The minimum Gasteiger partial charge on any atom is -0.489 e. The van der Waals surface area contributed by atoms with E-state index in [2.05, 4.69) is 15.5 Å². The molecule has 3 unspecified atom stereocenters. The van der Waals surface area contributed by atoms with Crippen LogP contribution in [-0.4, -0.2) is 60.1 Å². The van der Waals surface area contributed by atoms with Crippen molar-refractivity contribution in [1.29, 1.82) is 0 Å². The van der Waals surface area contributed by atoms with E-state index in [0.717, 1.165) is 43.7 Å². The molecule has 1 aliphatic carbocycles. The van der Waals surface area contributed by atoms with Gasteiger partial charge < -0.3 is 15.0 Å². The van der Waals surface area contributed by atoms with Crippen molar-refractivity contribution in [2.75, 3.05) is 26.2 Å². The van der Waals surface area contributed by atoms with Crippen LogP contribution in [0.1, 0.15) is 41.6 Å². The van der Waals surface area contributed by atoms with E-state index in [1.165, 1.54) is 6.42 Å². The smallest absolute Gasteiger partial charge is 0.253 e. The third-order valence-electron chi connectivity index (χ3n) is 7.07. The molecule has 2 amide bonds. The summed E-state index contributed by atoms with van der Waals surface area (Å²) >= 11 is 0. The van der Waals surface area contributed by atoms with Crippen LogP contribution in [0.3, 0.4) is 0 Å². The fourth-order valence-corrected chi connectivity index (χ4v) is 5.13. The van der Waals surface area contributed by atoms with Crippen molar-refractivity contribution < 1.29 is 14.3 Å². The Bertz CT molecular complexity index is 957. The van der Waals surface area contributed by atoms with E-state index in [4.69, 9.17) is 4.74 Å². The number of amides is 2. The van der Waals surface area contributed by atoms with Crippen LogP contribution in [0.5, 0.6) is 5.75 Å². The van der Waals surface area contributed by atoms with Crippen molar-refractivity contribution in [3.63, 3.8) is 0 Å². The number of fused-ring (bicyclic) bond motifs is 1. The Morgan fingerprint density at radius 2 is 1.67 bits per heavy atom. The van der Waals surface area contributed by atoms with Gasteiger partial charge in [0, 0.05) is 37.8 Å². The second-order valence-electron chi connectivity index (χ2n) is 9.20. The molecule has 2 saturated heterocycles. The topological polar surface area (TPSA) is 73.9 Å². The van der Waals surface area contributed by atoms with Crippen LogP contribution < -0.4 is 15.4 Å². The highest BCUT2D eigenvalue weighted by Gasteiger charge is 2.39. The van der Waals surface area contributed by atoms with Gasteiger partial charge in [-0.15, -0.1) is 0 Å². The van der Waals surface area contributed by atoms with Gasteiger partial charge in [0.05, 0.1) is 5.92 Å². The molecule has 0 bridgehead atoms. The van der Waals surface area contributed by atoms with E-state index in [1.54, 1.807) is 0 Å². The van der Waals surface area contributed by atoms with Crippen molar-refractivity contribution in [3.8, 4) is 5.75 Å². The Balaban J connectivity index is 1.12. The molecule has 0 radical (unpaired) electrons. The number of piperazine rings is 1. The van der Waals surface area contributed by atoms with Gasteiger partial charge in [0.2, 0.25) is 5.91 Å². The summed E-state index contributed by atoms with van der Waals surface area (Å²) in [5.41, 5.74) is 1.78. The van der Waals surface area contributed by atoms with Gasteiger partial charge in [-0.1, -0.05) is 43.2 Å². The summed E-state index contributed by atoms with van der Waals surface area (Å²) in [5.74, 6) is 1.08. The monoisotopic (exact) mass is 448 g/mol. The summed E-state index contributed by atoms with van der Waals surface area (Å²) in [4.78, 5) is 29.7. The molecular formula is C26H32N4O3. The van der Waals surface area contributed by atoms with Crippen LogP contribution in [0.15, 0.2) is 54.6 Å². The number of hydrogen-bond acceptors (Lipinski definition) is 5. The van der Waals surface area contributed by atoms with Crippen molar-refractivity contribution in [2.45, 2.75) is 44.6 Å². The summed E-state index contributed by atoms with van der Waals surface area (Å²) in [7, 11) is 0. The zero-order chi connectivity index (χ0) is 22.6. The highest BCUT2D eigenvalue weighted by molar-refractivity contribution is 5.94. The predicted octanol–water partition coefficient (Wildman–Crippen LogP) is 2.59. The molecule has 2 aromatic carbocycles. The molecule has 7 nitrogen and oxygen atoms in total. The van der Waals surface area contributed by atoms with E-state index in [-0.39, 0.29) is 30.1 Å². The van der Waals surface area contributed by atoms with E-state index < -0.39 is 0 Å². The van der Waals surface area contributed by atoms with Gasteiger partial charge in [0.15, 0.2) is 0 Å². The summed E-state index contributed by atoms with van der Waals surface area (Å²) in [5, 5.41) is 6.79. The lowest BCUT2D eigenvalue weighted by atomic mass is 9.82. The highest BCUT2D eigenvalue weighted by Crippen LogP contribution is 2.27. The number of rotatable bonds is 5. The van der Waals surface area contributed by atoms with Gasteiger partial charge in [0.1, 0.15) is 18.6 Å². The summed E-state index contributed by atoms with van der Waals surface area (Å²) in [6.45, 7) is 3.27. The number of nitrogens with one attached hydrogen (secondary N) is 2. The molecule has 1 saturated carbocycles. The van der Waals surface area contributed by atoms with Gasteiger partial charge in [-0.25, -0.2) is 0 Å². The quantitative estimate of drug-likeness (QED) is 0.736. The Kier molecular flexibility index (Phi) is 6.60. The predicted molar refractivity (Wildman–Crippen MR) is 126 cm³/mol. The van der Waals surface area contributed by atoms with Crippen molar-refractivity contribution in [2.24, 2.45) is 5.92 Å². The number of hydrogen-bond donors (Lipinski definition) is 2. The molecule has 3 aliphatic rings. The largest absolute Gasteiger partial charge is 0.489 e. The van der Waals surface area contributed by atoms with E-state index >= 15 is 0 Å². The maximum Gasteiger partial charge on any atom is 0.253 e.